The van der Waals surface area contributed by atoms with Crippen LogP contribution in [0.15, 0.2) is 24.3 Å². The van der Waals surface area contributed by atoms with E-state index in [-0.39, 0.29) is 11.0 Å². The summed E-state index contributed by atoms with van der Waals surface area (Å²) in [5, 5.41) is 29.2. The Morgan fingerprint density at radius 1 is 0.955 bits per heavy atom. The second-order valence-electron chi connectivity index (χ2n) is 5.00. The molecule has 3 N–H and O–H groups in total. The smallest absolute Gasteiger partial charge is 0.369 e. The number of hydrogen-bond donors (Lipinski definition) is 3. The molecule has 0 amide bonds. The Morgan fingerprint density at radius 3 is 2.32 bits per heavy atom. The molecular weight excluding hydrogens is 288 g/mol. The van der Waals surface area contributed by atoms with Crippen LogP contribution in [-0.2, 0) is 14.4 Å². The topological polar surface area (TPSA) is 112 Å². The minimum atomic E-state index is -3.29. The fourth-order valence-electron chi connectivity index (χ4n) is 2.50. The second-order valence-corrected chi connectivity index (χ2v) is 5.00. The maximum absolute atomic E-state index is 11.9. The summed E-state index contributed by atoms with van der Waals surface area (Å²) in [7, 11) is 0. The first-order chi connectivity index (χ1) is 10.3. The van der Waals surface area contributed by atoms with Gasteiger partial charge in [-0.25, -0.2) is 4.79 Å². The number of aliphatic carboxylic acids is 1. The summed E-state index contributed by atoms with van der Waals surface area (Å²) in [6, 6.07) is 3.05. The van der Waals surface area contributed by atoms with Crippen LogP contribution in [0, 0.1) is 0 Å². The molecule has 0 aliphatic heterocycles. The lowest BCUT2D eigenvalue weighted by Crippen LogP contribution is -2.46. The van der Waals surface area contributed by atoms with Gasteiger partial charge in [0.15, 0.2) is 11.6 Å². The number of hydrogen-bond acceptors (Lipinski definition) is 5. The molecule has 1 aromatic rings. The van der Waals surface area contributed by atoms with Crippen LogP contribution in [0.5, 0.6) is 0 Å². The number of carboxylic acid groups (broad SMARTS) is 1. The van der Waals surface area contributed by atoms with Crippen molar-refractivity contribution in [1.82, 2.24) is 0 Å². The third-order valence-electron chi connectivity index (χ3n) is 3.56. The van der Waals surface area contributed by atoms with Crippen molar-refractivity contribution in [2.24, 2.45) is 0 Å². The van der Waals surface area contributed by atoms with Crippen molar-refractivity contribution in [3.8, 4) is 0 Å². The van der Waals surface area contributed by atoms with Gasteiger partial charge < -0.3 is 15.3 Å². The Kier molecular flexibility index (Phi) is 2.94. The van der Waals surface area contributed by atoms with E-state index in [0.29, 0.717) is 16.3 Å². The number of carbonyl (C=O) groups excluding carboxylic acids is 2. The Labute approximate surface area is 123 Å². The molecule has 0 bridgehead atoms. The Bertz CT molecular complexity index is 915. The summed E-state index contributed by atoms with van der Waals surface area (Å²) < 4.78 is 0. The molecule has 6 nitrogen and oxygen atoms in total. The van der Waals surface area contributed by atoms with Gasteiger partial charge in [0.05, 0.1) is 5.57 Å². The van der Waals surface area contributed by atoms with E-state index in [0.717, 1.165) is 6.08 Å². The average molecular weight is 298 g/mol. The van der Waals surface area contributed by atoms with Gasteiger partial charge in [0.25, 0.3) is 5.79 Å². The summed E-state index contributed by atoms with van der Waals surface area (Å²) >= 11 is 0. The summed E-state index contributed by atoms with van der Waals surface area (Å²) in [5.74, 6) is -6.20. The van der Waals surface area contributed by atoms with Crippen LogP contribution in [-0.4, -0.2) is 38.6 Å². The number of carbonyl (C=O) groups is 3. The highest BCUT2D eigenvalue weighted by Gasteiger charge is 2.42. The minimum absolute atomic E-state index is 0.117. The largest absolute Gasteiger partial charge is 0.477 e. The van der Waals surface area contributed by atoms with Crippen molar-refractivity contribution in [1.29, 1.82) is 0 Å². The van der Waals surface area contributed by atoms with Crippen molar-refractivity contribution in [2.75, 3.05) is 0 Å². The molecule has 0 saturated heterocycles. The van der Waals surface area contributed by atoms with Crippen LogP contribution >= 0.6 is 0 Å². The SMILES string of the molecule is O=C1C=Cc2cc3c(cc2=C1)C=CC(=O)C=3C(O)(O)C(=O)O. The third-order valence-corrected chi connectivity index (χ3v) is 3.56. The Morgan fingerprint density at radius 2 is 1.64 bits per heavy atom. The van der Waals surface area contributed by atoms with Crippen LogP contribution in [0.4, 0.5) is 0 Å². The highest BCUT2D eigenvalue weighted by molar-refractivity contribution is 6.29. The van der Waals surface area contributed by atoms with E-state index in [9.17, 15) is 24.6 Å². The zero-order chi connectivity index (χ0) is 16.1. The number of ketones is 2. The van der Waals surface area contributed by atoms with E-state index in [1.807, 2.05) is 0 Å². The van der Waals surface area contributed by atoms with Crippen molar-refractivity contribution in [3.63, 3.8) is 0 Å². The molecule has 0 aromatic heterocycles. The van der Waals surface area contributed by atoms with Gasteiger partial charge in [-0.2, -0.15) is 0 Å². The van der Waals surface area contributed by atoms with Gasteiger partial charge in [0.1, 0.15) is 0 Å². The first-order valence-electron chi connectivity index (χ1n) is 6.34. The third kappa shape index (κ3) is 2.02. The van der Waals surface area contributed by atoms with Crippen LogP contribution in [0.25, 0.3) is 23.8 Å². The normalized spacial score (nSPS) is 16.2. The average Bonchev–Trinajstić information content (AvgIpc) is 2.44. The van der Waals surface area contributed by atoms with Crippen LogP contribution in [0.2, 0.25) is 0 Å². The lowest BCUT2D eigenvalue weighted by molar-refractivity contribution is -0.184. The lowest BCUT2D eigenvalue weighted by Gasteiger charge is -2.21. The molecule has 0 saturated carbocycles. The molecule has 0 spiro atoms. The first-order valence-corrected chi connectivity index (χ1v) is 6.34. The van der Waals surface area contributed by atoms with Crippen LogP contribution < -0.4 is 10.4 Å². The summed E-state index contributed by atoms with van der Waals surface area (Å²) in [6.07, 6.45) is 6.76. The van der Waals surface area contributed by atoms with E-state index in [1.165, 1.54) is 30.4 Å². The zero-order valence-electron chi connectivity index (χ0n) is 11.1. The fraction of sp³-hybridized carbons (Fsp3) is 0.0625. The van der Waals surface area contributed by atoms with Gasteiger partial charge in [-0.3, -0.25) is 9.59 Å². The predicted octanol–water partition coefficient (Wildman–Crippen LogP) is -1.42. The van der Waals surface area contributed by atoms with Gasteiger partial charge >= 0.3 is 5.97 Å². The number of allylic oxidation sites excluding steroid dienone is 2. The van der Waals surface area contributed by atoms with E-state index < -0.39 is 23.1 Å². The molecular formula is C16H10O6. The number of aliphatic hydroxyl groups is 2. The maximum Gasteiger partial charge on any atom is 0.369 e. The van der Waals surface area contributed by atoms with Gasteiger partial charge in [-0.05, 0) is 51.9 Å². The Hall–Kier alpha value is -2.83. The molecule has 6 heteroatoms. The number of fused-ring (bicyclic) bond motifs is 2. The number of carboxylic acids is 1. The van der Waals surface area contributed by atoms with Gasteiger partial charge in [0, 0.05) is 0 Å². The zero-order valence-corrected chi connectivity index (χ0v) is 11.1. The summed E-state index contributed by atoms with van der Waals surface area (Å²) in [4.78, 5) is 34.4. The quantitative estimate of drug-likeness (QED) is 0.577. The van der Waals surface area contributed by atoms with E-state index >= 15 is 0 Å². The predicted molar refractivity (Wildman–Crippen MR) is 76.5 cm³/mol. The monoisotopic (exact) mass is 298 g/mol. The van der Waals surface area contributed by atoms with Crippen molar-refractivity contribution < 1.29 is 29.7 Å². The van der Waals surface area contributed by atoms with Gasteiger partial charge in [0.2, 0.25) is 0 Å². The lowest BCUT2D eigenvalue weighted by atomic mass is 9.89. The van der Waals surface area contributed by atoms with Gasteiger partial charge in [-0.1, -0.05) is 12.2 Å². The van der Waals surface area contributed by atoms with Crippen molar-refractivity contribution in [3.05, 3.63) is 45.8 Å². The molecule has 2 aliphatic rings. The van der Waals surface area contributed by atoms with E-state index in [4.69, 9.17) is 5.11 Å². The Balaban J connectivity index is 2.42. The molecule has 2 aliphatic carbocycles. The minimum Gasteiger partial charge on any atom is -0.477 e. The second kappa shape index (κ2) is 4.59. The summed E-state index contributed by atoms with van der Waals surface area (Å²) in [5.41, 5.74) is 0.396. The molecule has 0 heterocycles. The maximum atomic E-state index is 11.9. The van der Waals surface area contributed by atoms with Crippen molar-refractivity contribution >= 4 is 41.3 Å². The highest BCUT2D eigenvalue weighted by Crippen LogP contribution is 2.20. The molecule has 1 aromatic carbocycles. The van der Waals surface area contributed by atoms with Crippen LogP contribution in [0.3, 0.4) is 0 Å². The molecule has 0 unspecified atom stereocenters. The van der Waals surface area contributed by atoms with Crippen molar-refractivity contribution in [2.45, 2.75) is 5.79 Å². The standard InChI is InChI=1S/C16H10O6/c17-11-3-1-8-7-12-9(5-10(8)6-11)2-4-13(18)14(12)16(21,22)15(19)20/h1-7,21-22H,(H,19,20). The first kappa shape index (κ1) is 14.1. The molecule has 110 valence electrons. The number of benzene rings is 1. The fourth-order valence-corrected chi connectivity index (χ4v) is 2.50. The molecule has 3 rings (SSSR count). The number of rotatable bonds is 2. The highest BCUT2D eigenvalue weighted by atomic mass is 16.5. The van der Waals surface area contributed by atoms with Crippen LogP contribution in [0.1, 0.15) is 11.1 Å². The van der Waals surface area contributed by atoms with Gasteiger partial charge in [-0.15, -0.1) is 0 Å². The van der Waals surface area contributed by atoms with E-state index in [2.05, 4.69) is 0 Å². The molecule has 22 heavy (non-hydrogen) atoms. The van der Waals surface area contributed by atoms with E-state index in [1.54, 1.807) is 6.07 Å². The molecule has 0 atom stereocenters. The summed E-state index contributed by atoms with van der Waals surface area (Å²) in [6.45, 7) is 0. The molecule has 0 fully saturated rings. The molecule has 0 radical (unpaired) electrons.